The number of nitrogens with zero attached hydrogens (tertiary/aromatic N) is 2. The number of benzene rings is 2. The van der Waals surface area contributed by atoms with Crippen LogP contribution in [-0.4, -0.2) is 28.8 Å². The highest BCUT2D eigenvalue weighted by Crippen LogP contribution is 2.19. The molecule has 6 heteroatoms. The maximum Gasteiger partial charge on any atom is 0.337 e. The SMILES string of the molecule is COC(=O)c1cccc(NC(=O)/C=C/c2c(C)nn(-c3ccccc3)c2C)c1. The molecule has 1 N–H and O–H groups in total. The van der Waals surface area contributed by atoms with E-state index in [0.29, 0.717) is 11.3 Å². The summed E-state index contributed by atoms with van der Waals surface area (Å²) in [5.74, 6) is -0.750. The fourth-order valence-corrected chi connectivity index (χ4v) is 2.90. The number of carbonyl (C=O) groups is 2. The first-order valence-corrected chi connectivity index (χ1v) is 8.78. The number of aryl methyl sites for hydroxylation is 1. The smallest absolute Gasteiger partial charge is 0.337 e. The third-order valence-electron chi connectivity index (χ3n) is 4.30. The Kier molecular flexibility index (Phi) is 5.69. The molecule has 0 fully saturated rings. The largest absolute Gasteiger partial charge is 0.465 e. The van der Waals surface area contributed by atoms with E-state index in [1.165, 1.54) is 13.2 Å². The number of rotatable bonds is 5. The van der Waals surface area contributed by atoms with Crippen molar-refractivity contribution >= 4 is 23.6 Å². The van der Waals surface area contributed by atoms with Gasteiger partial charge < -0.3 is 10.1 Å². The number of esters is 1. The summed E-state index contributed by atoms with van der Waals surface area (Å²) in [4.78, 5) is 23.9. The van der Waals surface area contributed by atoms with Crippen molar-refractivity contribution < 1.29 is 14.3 Å². The number of hydrogen-bond acceptors (Lipinski definition) is 4. The zero-order valence-electron chi connectivity index (χ0n) is 16.0. The molecule has 0 atom stereocenters. The standard InChI is InChI=1S/C22H21N3O3/c1-15-20(16(2)25(24-15)19-10-5-4-6-11-19)12-13-21(26)23-18-9-7-8-17(14-18)22(27)28-3/h4-14H,1-3H3,(H,23,26)/b13-12+. The Morgan fingerprint density at radius 3 is 2.54 bits per heavy atom. The summed E-state index contributed by atoms with van der Waals surface area (Å²) < 4.78 is 6.55. The number of hydrogen-bond donors (Lipinski definition) is 1. The highest BCUT2D eigenvalue weighted by Gasteiger charge is 2.11. The highest BCUT2D eigenvalue weighted by atomic mass is 16.5. The second-order valence-electron chi connectivity index (χ2n) is 6.23. The first kappa shape index (κ1) is 19.1. The number of aromatic nitrogens is 2. The van der Waals surface area contributed by atoms with Gasteiger partial charge in [-0.25, -0.2) is 9.48 Å². The van der Waals surface area contributed by atoms with Gasteiger partial charge in [0, 0.05) is 23.0 Å². The molecule has 0 aliphatic carbocycles. The molecule has 1 amide bonds. The summed E-state index contributed by atoms with van der Waals surface area (Å²) in [7, 11) is 1.32. The van der Waals surface area contributed by atoms with Crippen LogP contribution in [0.1, 0.15) is 27.3 Å². The summed E-state index contributed by atoms with van der Waals surface area (Å²) >= 11 is 0. The summed E-state index contributed by atoms with van der Waals surface area (Å²) in [6.45, 7) is 3.87. The molecule has 142 valence electrons. The second kappa shape index (κ2) is 8.35. The van der Waals surface area contributed by atoms with Crippen molar-refractivity contribution in [3.05, 3.63) is 83.2 Å². The monoisotopic (exact) mass is 375 g/mol. The Bertz CT molecular complexity index is 1040. The van der Waals surface area contributed by atoms with Gasteiger partial charge in [-0.05, 0) is 50.3 Å². The minimum Gasteiger partial charge on any atom is -0.465 e. The van der Waals surface area contributed by atoms with Crippen molar-refractivity contribution in [1.82, 2.24) is 9.78 Å². The molecule has 3 aromatic rings. The minimum atomic E-state index is -0.453. The fraction of sp³-hybridized carbons (Fsp3) is 0.136. The van der Waals surface area contributed by atoms with E-state index < -0.39 is 5.97 Å². The Morgan fingerprint density at radius 2 is 1.82 bits per heavy atom. The Labute approximate surface area is 163 Å². The summed E-state index contributed by atoms with van der Waals surface area (Å²) in [5.41, 5.74) is 4.53. The van der Waals surface area contributed by atoms with Crippen molar-refractivity contribution in [2.24, 2.45) is 0 Å². The van der Waals surface area contributed by atoms with Gasteiger partial charge in [0.05, 0.1) is 24.1 Å². The Hall–Kier alpha value is -3.67. The van der Waals surface area contributed by atoms with E-state index in [1.54, 1.807) is 30.3 Å². The van der Waals surface area contributed by atoms with Crippen molar-refractivity contribution in [3.8, 4) is 5.69 Å². The lowest BCUT2D eigenvalue weighted by molar-refractivity contribution is -0.111. The van der Waals surface area contributed by atoms with Gasteiger partial charge in [0.15, 0.2) is 0 Å². The number of nitrogens with one attached hydrogen (secondary N) is 1. The lowest BCUT2D eigenvalue weighted by Crippen LogP contribution is -2.09. The van der Waals surface area contributed by atoms with Crippen molar-refractivity contribution in [2.75, 3.05) is 12.4 Å². The van der Waals surface area contributed by atoms with E-state index in [0.717, 1.165) is 22.6 Å². The van der Waals surface area contributed by atoms with E-state index in [2.05, 4.69) is 10.4 Å². The van der Waals surface area contributed by atoms with Gasteiger partial charge in [-0.2, -0.15) is 5.10 Å². The Balaban J connectivity index is 1.76. The van der Waals surface area contributed by atoms with Gasteiger partial charge in [-0.3, -0.25) is 4.79 Å². The third kappa shape index (κ3) is 4.17. The number of anilines is 1. The molecule has 0 bridgehead atoms. The molecule has 0 unspecified atom stereocenters. The average Bonchev–Trinajstić information content (AvgIpc) is 3.00. The molecule has 0 aliphatic heterocycles. The molecule has 0 radical (unpaired) electrons. The van der Waals surface area contributed by atoms with Crippen molar-refractivity contribution in [1.29, 1.82) is 0 Å². The van der Waals surface area contributed by atoms with Crippen molar-refractivity contribution in [2.45, 2.75) is 13.8 Å². The van der Waals surface area contributed by atoms with Crippen LogP contribution >= 0.6 is 0 Å². The molecule has 1 aromatic heterocycles. The molecule has 0 aliphatic rings. The molecule has 2 aromatic carbocycles. The molecule has 3 rings (SSSR count). The maximum absolute atomic E-state index is 12.3. The Morgan fingerprint density at radius 1 is 1.07 bits per heavy atom. The van der Waals surface area contributed by atoms with Crippen LogP contribution < -0.4 is 5.32 Å². The second-order valence-corrected chi connectivity index (χ2v) is 6.23. The zero-order valence-corrected chi connectivity index (χ0v) is 16.0. The highest BCUT2D eigenvalue weighted by molar-refractivity contribution is 6.02. The van der Waals surface area contributed by atoms with Crippen LogP contribution in [0.5, 0.6) is 0 Å². The van der Waals surface area contributed by atoms with E-state index >= 15 is 0 Å². The fourth-order valence-electron chi connectivity index (χ4n) is 2.90. The maximum atomic E-state index is 12.3. The van der Waals surface area contributed by atoms with Gasteiger partial charge in [-0.1, -0.05) is 24.3 Å². The quantitative estimate of drug-likeness (QED) is 0.542. The van der Waals surface area contributed by atoms with Crippen LogP contribution in [0, 0.1) is 13.8 Å². The normalized spacial score (nSPS) is 10.8. The van der Waals surface area contributed by atoms with Gasteiger partial charge in [0.1, 0.15) is 0 Å². The zero-order chi connectivity index (χ0) is 20.1. The number of amides is 1. The lowest BCUT2D eigenvalue weighted by Gasteiger charge is -2.05. The van der Waals surface area contributed by atoms with Gasteiger partial charge in [0.2, 0.25) is 5.91 Å². The molecule has 0 saturated carbocycles. The summed E-state index contributed by atoms with van der Waals surface area (Å²) in [6, 6.07) is 16.4. The van der Waals surface area contributed by atoms with Crippen LogP contribution in [0.25, 0.3) is 11.8 Å². The number of carbonyl (C=O) groups excluding carboxylic acids is 2. The topological polar surface area (TPSA) is 73.2 Å². The van der Waals surface area contributed by atoms with Crippen molar-refractivity contribution in [3.63, 3.8) is 0 Å². The third-order valence-corrected chi connectivity index (χ3v) is 4.30. The predicted octanol–water partition coefficient (Wildman–Crippen LogP) is 3.93. The predicted molar refractivity (Wildman–Crippen MR) is 108 cm³/mol. The van der Waals surface area contributed by atoms with Crippen LogP contribution in [0.2, 0.25) is 0 Å². The summed E-state index contributed by atoms with van der Waals surface area (Å²) in [5, 5.41) is 7.31. The first-order chi connectivity index (χ1) is 13.5. The van der Waals surface area contributed by atoms with E-state index in [9.17, 15) is 9.59 Å². The lowest BCUT2D eigenvalue weighted by atomic mass is 10.1. The van der Waals surface area contributed by atoms with Crippen LogP contribution in [0.3, 0.4) is 0 Å². The van der Waals surface area contributed by atoms with E-state index in [1.807, 2.05) is 48.9 Å². The molecule has 0 spiro atoms. The molecule has 1 heterocycles. The summed E-state index contributed by atoms with van der Waals surface area (Å²) in [6.07, 6.45) is 3.20. The van der Waals surface area contributed by atoms with Crippen LogP contribution in [0.4, 0.5) is 5.69 Å². The van der Waals surface area contributed by atoms with E-state index in [4.69, 9.17) is 4.74 Å². The number of methoxy groups -OCH3 is 1. The van der Waals surface area contributed by atoms with Gasteiger partial charge in [-0.15, -0.1) is 0 Å². The van der Waals surface area contributed by atoms with E-state index in [-0.39, 0.29) is 5.91 Å². The van der Waals surface area contributed by atoms with Gasteiger partial charge >= 0.3 is 5.97 Å². The molecular formula is C22H21N3O3. The molecular weight excluding hydrogens is 354 g/mol. The molecule has 6 nitrogen and oxygen atoms in total. The number of para-hydroxylation sites is 1. The molecule has 28 heavy (non-hydrogen) atoms. The van der Waals surface area contributed by atoms with Crippen LogP contribution in [0.15, 0.2) is 60.7 Å². The van der Waals surface area contributed by atoms with Crippen LogP contribution in [-0.2, 0) is 9.53 Å². The number of ether oxygens (including phenoxy) is 1. The average molecular weight is 375 g/mol. The molecule has 0 saturated heterocycles. The minimum absolute atomic E-state index is 0.298. The van der Waals surface area contributed by atoms with Gasteiger partial charge in [0.25, 0.3) is 0 Å². The first-order valence-electron chi connectivity index (χ1n) is 8.78.